The minimum Gasteiger partial charge on any atom is -0.208 e. The normalized spacial score (nSPS) is 11.3. The molecule has 0 N–H and O–H groups in total. The molecule has 0 saturated carbocycles. The number of nitrogens with zero attached hydrogens (tertiary/aromatic N) is 3. The lowest BCUT2D eigenvalue weighted by molar-refractivity contribution is 1.08. The quantitative estimate of drug-likeness (QED) is 0.225. The monoisotopic (exact) mass is 535 g/mol. The fourth-order valence-electron chi connectivity index (χ4n) is 5.61. The van der Waals surface area contributed by atoms with E-state index in [4.69, 9.17) is 15.0 Å². The van der Waals surface area contributed by atoms with Crippen LogP contribution in [-0.2, 0) is 0 Å². The van der Waals surface area contributed by atoms with E-state index in [-0.39, 0.29) is 0 Å². The van der Waals surface area contributed by atoms with Gasteiger partial charge in [0.25, 0.3) is 0 Å². The standard InChI is InChI=1S/C39H25N3/c1-2-10-29(11-3-1)37-40-38(34-20-16-27-9-5-7-13-31(27)23-34)42-39(41-37)35-21-17-28-15-19-33(24-36(28)25-35)32-18-14-26-8-4-6-12-30(26)22-32/h1-25H. The Balaban J connectivity index is 1.26. The number of aromatic nitrogens is 3. The van der Waals surface area contributed by atoms with E-state index in [0.717, 1.165) is 27.5 Å². The van der Waals surface area contributed by atoms with Crippen molar-refractivity contribution < 1.29 is 0 Å². The van der Waals surface area contributed by atoms with Crippen LogP contribution in [0.1, 0.15) is 0 Å². The third kappa shape index (κ3) is 4.47. The lowest BCUT2D eigenvalue weighted by atomic mass is 9.98. The van der Waals surface area contributed by atoms with Crippen molar-refractivity contribution in [2.45, 2.75) is 0 Å². The summed E-state index contributed by atoms with van der Waals surface area (Å²) < 4.78 is 0. The Kier molecular flexibility index (Phi) is 5.79. The molecule has 0 aliphatic carbocycles. The summed E-state index contributed by atoms with van der Waals surface area (Å²) in [7, 11) is 0. The Bertz CT molecular complexity index is 2250. The maximum absolute atomic E-state index is 5.01. The molecule has 0 aliphatic rings. The molecule has 42 heavy (non-hydrogen) atoms. The number of fused-ring (bicyclic) bond motifs is 3. The van der Waals surface area contributed by atoms with Crippen LogP contribution in [0.15, 0.2) is 152 Å². The van der Waals surface area contributed by atoms with Gasteiger partial charge in [0, 0.05) is 16.7 Å². The first-order chi connectivity index (χ1) is 20.8. The summed E-state index contributed by atoms with van der Waals surface area (Å²) in [6.45, 7) is 0. The van der Waals surface area contributed by atoms with Crippen LogP contribution in [0.4, 0.5) is 0 Å². The van der Waals surface area contributed by atoms with Crippen molar-refractivity contribution in [1.29, 1.82) is 0 Å². The van der Waals surface area contributed by atoms with Crippen molar-refractivity contribution in [3.63, 3.8) is 0 Å². The molecule has 3 heteroatoms. The van der Waals surface area contributed by atoms with Crippen LogP contribution >= 0.6 is 0 Å². The van der Waals surface area contributed by atoms with Gasteiger partial charge in [-0.05, 0) is 67.7 Å². The van der Waals surface area contributed by atoms with Crippen molar-refractivity contribution in [2.24, 2.45) is 0 Å². The fourth-order valence-corrected chi connectivity index (χ4v) is 5.61. The molecule has 7 aromatic carbocycles. The van der Waals surface area contributed by atoms with Crippen LogP contribution in [-0.4, -0.2) is 15.0 Å². The molecule has 8 rings (SSSR count). The lowest BCUT2D eigenvalue weighted by Gasteiger charge is -2.10. The average molecular weight is 536 g/mol. The van der Waals surface area contributed by atoms with E-state index < -0.39 is 0 Å². The Morgan fingerprint density at radius 3 is 1.14 bits per heavy atom. The Morgan fingerprint density at radius 1 is 0.238 bits per heavy atom. The molecule has 1 heterocycles. The summed E-state index contributed by atoms with van der Waals surface area (Å²) in [6, 6.07) is 53.0. The largest absolute Gasteiger partial charge is 0.208 e. The molecule has 196 valence electrons. The van der Waals surface area contributed by atoms with Crippen LogP contribution in [0, 0.1) is 0 Å². The van der Waals surface area contributed by atoms with Gasteiger partial charge in [-0.2, -0.15) is 0 Å². The number of hydrogen-bond donors (Lipinski definition) is 0. The topological polar surface area (TPSA) is 38.7 Å². The van der Waals surface area contributed by atoms with Crippen molar-refractivity contribution >= 4 is 32.3 Å². The van der Waals surface area contributed by atoms with Gasteiger partial charge in [-0.15, -0.1) is 0 Å². The second-order valence-corrected chi connectivity index (χ2v) is 10.6. The highest BCUT2D eigenvalue weighted by Crippen LogP contribution is 2.31. The van der Waals surface area contributed by atoms with Crippen molar-refractivity contribution in [1.82, 2.24) is 15.0 Å². The Hall–Kier alpha value is -5.67. The van der Waals surface area contributed by atoms with Crippen LogP contribution < -0.4 is 0 Å². The summed E-state index contributed by atoms with van der Waals surface area (Å²) in [6.07, 6.45) is 0. The van der Waals surface area contributed by atoms with E-state index in [1.165, 1.54) is 32.7 Å². The molecule has 0 atom stereocenters. The number of hydrogen-bond acceptors (Lipinski definition) is 3. The highest BCUT2D eigenvalue weighted by Gasteiger charge is 2.13. The first kappa shape index (κ1) is 24.2. The summed E-state index contributed by atoms with van der Waals surface area (Å²) in [4.78, 5) is 14.9. The zero-order valence-electron chi connectivity index (χ0n) is 22.8. The van der Waals surface area contributed by atoms with Crippen molar-refractivity contribution in [3.05, 3.63) is 152 Å². The molecule has 0 saturated heterocycles. The van der Waals surface area contributed by atoms with E-state index in [9.17, 15) is 0 Å². The van der Waals surface area contributed by atoms with Gasteiger partial charge >= 0.3 is 0 Å². The maximum atomic E-state index is 5.01. The van der Waals surface area contributed by atoms with Gasteiger partial charge in [0.05, 0.1) is 0 Å². The molecule has 1 aromatic heterocycles. The third-order valence-electron chi connectivity index (χ3n) is 7.86. The molecule has 0 fully saturated rings. The second-order valence-electron chi connectivity index (χ2n) is 10.6. The number of benzene rings is 7. The second kappa shape index (κ2) is 10.1. The summed E-state index contributed by atoms with van der Waals surface area (Å²) in [5, 5.41) is 7.16. The molecular weight excluding hydrogens is 510 g/mol. The third-order valence-corrected chi connectivity index (χ3v) is 7.86. The highest BCUT2D eigenvalue weighted by molar-refractivity contribution is 5.93. The minimum absolute atomic E-state index is 0.657. The molecular formula is C39H25N3. The zero-order valence-corrected chi connectivity index (χ0v) is 22.8. The van der Waals surface area contributed by atoms with Gasteiger partial charge in [0.1, 0.15) is 0 Å². The molecule has 0 bridgehead atoms. The van der Waals surface area contributed by atoms with Gasteiger partial charge < -0.3 is 0 Å². The smallest absolute Gasteiger partial charge is 0.164 e. The summed E-state index contributed by atoms with van der Waals surface area (Å²) in [5.41, 5.74) is 5.27. The number of rotatable bonds is 4. The van der Waals surface area contributed by atoms with E-state index in [1.807, 2.05) is 30.3 Å². The van der Waals surface area contributed by atoms with Gasteiger partial charge in [-0.25, -0.2) is 15.0 Å². The van der Waals surface area contributed by atoms with Crippen molar-refractivity contribution in [3.8, 4) is 45.3 Å². The molecule has 0 spiro atoms. The predicted molar refractivity (Wildman–Crippen MR) is 174 cm³/mol. The minimum atomic E-state index is 0.657. The Morgan fingerprint density at radius 2 is 0.595 bits per heavy atom. The predicted octanol–water partition coefficient (Wildman–Crippen LogP) is 10.00. The first-order valence-corrected chi connectivity index (χ1v) is 14.1. The first-order valence-electron chi connectivity index (χ1n) is 14.1. The van der Waals surface area contributed by atoms with E-state index in [2.05, 4.69) is 121 Å². The van der Waals surface area contributed by atoms with E-state index in [0.29, 0.717) is 17.5 Å². The van der Waals surface area contributed by atoms with Crippen LogP contribution in [0.5, 0.6) is 0 Å². The van der Waals surface area contributed by atoms with E-state index >= 15 is 0 Å². The molecule has 0 radical (unpaired) electrons. The van der Waals surface area contributed by atoms with Crippen LogP contribution in [0.3, 0.4) is 0 Å². The van der Waals surface area contributed by atoms with Gasteiger partial charge in [-0.1, -0.05) is 127 Å². The Labute approximate surface area is 243 Å². The van der Waals surface area contributed by atoms with Crippen LogP contribution in [0.25, 0.3) is 77.6 Å². The molecule has 3 nitrogen and oxygen atoms in total. The zero-order chi connectivity index (χ0) is 27.9. The van der Waals surface area contributed by atoms with Crippen LogP contribution in [0.2, 0.25) is 0 Å². The maximum Gasteiger partial charge on any atom is 0.164 e. The average Bonchev–Trinajstić information content (AvgIpc) is 3.07. The van der Waals surface area contributed by atoms with E-state index in [1.54, 1.807) is 0 Å². The lowest BCUT2D eigenvalue weighted by Crippen LogP contribution is -2.00. The van der Waals surface area contributed by atoms with Gasteiger partial charge in [0.2, 0.25) is 0 Å². The van der Waals surface area contributed by atoms with Crippen molar-refractivity contribution in [2.75, 3.05) is 0 Å². The SMILES string of the molecule is c1ccc(-c2nc(-c3ccc4ccccc4c3)nc(-c3ccc4ccc(-c5ccc6ccccc6c5)cc4c3)n2)cc1. The van der Waals surface area contributed by atoms with Gasteiger partial charge in [-0.3, -0.25) is 0 Å². The molecule has 0 aliphatic heterocycles. The molecule has 8 aromatic rings. The molecule has 0 unspecified atom stereocenters. The van der Waals surface area contributed by atoms with Gasteiger partial charge in [0.15, 0.2) is 17.5 Å². The summed E-state index contributed by atoms with van der Waals surface area (Å²) in [5.74, 6) is 1.98. The molecule has 0 amide bonds. The highest BCUT2D eigenvalue weighted by atomic mass is 15.0. The fraction of sp³-hybridized carbons (Fsp3) is 0. The summed E-state index contributed by atoms with van der Waals surface area (Å²) >= 11 is 0.